The number of morpholine rings is 1. The minimum atomic E-state index is -0.905. The molecule has 4 N–H and O–H groups in total. The fraction of sp³-hybridized carbons (Fsp3) is 0.882. The summed E-state index contributed by atoms with van der Waals surface area (Å²) in [5.74, 6) is 0.651. The number of aliphatic imine (C=N–C) groups is 1. The summed E-state index contributed by atoms with van der Waals surface area (Å²) in [6.45, 7) is 11.7. The Morgan fingerprint density at radius 2 is 1.92 bits per heavy atom. The van der Waals surface area contributed by atoms with Crippen molar-refractivity contribution in [2.75, 3.05) is 59.0 Å². The SMILES string of the molecule is CCCNC(=O)CCNC(=NCC(C)(O)CN1CCOCC1)NCC. The van der Waals surface area contributed by atoms with Gasteiger partial charge in [0.05, 0.1) is 25.4 Å². The van der Waals surface area contributed by atoms with Crippen molar-refractivity contribution >= 4 is 11.9 Å². The molecule has 1 unspecified atom stereocenters. The number of amides is 1. The van der Waals surface area contributed by atoms with Crippen LogP contribution in [0.15, 0.2) is 4.99 Å². The van der Waals surface area contributed by atoms with Crippen molar-refractivity contribution in [3.05, 3.63) is 0 Å². The topological polar surface area (TPSA) is 98.2 Å². The van der Waals surface area contributed by atoms with Gasteiger partial charge in [0.2, 0.25) is 5.91 Å². The molecule has 0 aromatic carbocycles. The number of carbonyl (C=O) groups is 1. The van der Waals surface area contributed by atoms with Crippen molar-refractivity contribution in [1.29, 1.82) is 0 Å². The van der Waals surface area contributed by atoms with Crippen LogP contribution in [0.5, 0.6) is 0 Å². The van der Waals surface area contributed by atoms with E-state index in [9.17, 15) is 9.90 Å². The van der Waals surface area contributed by atoms with E-state index in [1.54, 1.807) is 6.92 Å². The number of rotatable bonds is 10. The molecular formula is C17H35N5O3. The average molecular weight is 357 g/mol. The number of nitrogens with zero attached hydrogens (tertiary/aromatic N) is 2. The minimum Gasteiger partial charge on any atom is -0.387 e. The lowest BCUT2D eigenvalue weighted by molar-refractivity contribution is -0.120. The third-order valence-corrected chi connectivity index (χ3v) is 3.81. The van der Waals surface area contributed by atoms with Gasteiger partial charge in [-0.3, -0.25) is 14.7 Å². The standard InChI is InChI=1S/C17H35N5O3/c1-4-7-19-15(23)6-8-20-16(18-5-2)21-13-17(3,24)14-22-9-11-25-12-10-22/h24H,4-14H2,1-3H3,(H,19,23)(H2,18,20,21). The first-order valence-corrected chi connectivity index (χ1v) is 9.28. The van der Waals surface area contributed by atoms with Crippen molar-refractivity contribution in [2.45, 2.75) is 39.2 Å². The molecule has 8 heteroatoms. The fourth-order valence-corrected chi connectivity index (χ4v) is 2.53. The second-order valence-electron chi connectivity index (χ2n) is 6.61. The van der Waals surface area contributed by atoms with Crippen LogP contribution >= 0.6 is 0 Å². The highest BCUT2D eigenvalue weighted by atomic mass is 16.5. The van der Waals surface area contributed by atoms with Crippen LogP contribution in [0.25, 0.3) is 0 Å². The van der Waals surface area contributed by atoms with Gasteiger partial charge in [0.25, 0.3) is 0 Å². The predicted molar refractivity (Wildman–Crippen MR) is 99.8 cm³/mol. The smallest absolute Gasteiger partial charge is 0.221 e. The maximum Gasteiger partial charge on any atom is 0.221 e. The largest absolute Gasteiger partial charge is 0.387 e. The van der Waals surface area contributed by atoms with Crippen LogP contribution in [0.3, 0.4) is 0 Å². The van der Waals surface area contributed by atoms with E-state index in [0.717, 1.165) is 26.1 Å². The second kappa shape index (κ2) is 12.1. The van der Waals surface area contributed by atoms with E-state index in [0.29, 0.717) is 51.8 Å². The summed E-state index contributed by atoms with van der Waals surface area (Å²) < 4.78 is 5.33. The summed E-state index contributed by atoms with van der Waals surface area (Å²) in [6.07, 6.45) is 1.33. The third-order valence-electron chi connectivity index (χ3n) is 3.81. The van der Waals surface area contributed by atoms with Crippen molar-refractivity contribution in [1.82, 2.24) is 20.9 Å². The summed E-state index contributed by atoms with van der Waals surface area (Å²) in [5.41, 5.74) is -0.905. The van der Waals surface area contributed by atoms with Gasteiger partial charge in [-0.1, -0.05) is 6.92 Å². The number of aliphatic hydroxyl groups is 1. The molecule has 0 aromatic rings. The van der Waals surface area contributed by atoms with E-state index in [1.165, 1.54) is 0 Å². The molecule has 0 saturated carbocycles. The highest BCUT2D eigenvalue weighted by Gasteiger charge is 2.25. The molecule has 1 saturated heterocycles. The molecule has 1 heterocycles. The molecule has 1 rings (SSSR count). The van der Waals surface area contributed by atoms with E-state index < -0.39 is 5.60 Å². The zero-order valence-corrected chi connectivity index (χ0v) is 15.9. The Morgan fingerprint density at radius 1 is 1.20 bits per heavy atom. The van der Waals surface area contributed by atoms with Gasteiger partial charge in [-0.25, -0.2) is 0 Å². The molecule has 25 heavy (non-hydrogen) atoms. The number of β-amino-alcohol motifs (C(OH)–C–C–N with tert-alkyl or cyclic N) is 1. The summed E-state index contributed by atoms with van der Waals surface area (Å²) in [4.78, 5) is 18.3. The maximum absolute atomic E-state index is 11.6. The quantitative estimate of drug-likeness (QED) is 0.312. The molecule has 8 nitrogen and oxygen atoms in total. The van der Waals surface area contributed by atoms with E-state index in [1.807, 2.05) is 13.8 Å². The predicted octanol–water partition coefficient (Wildman–Crippen LogP) is -0.459. The van der Waals surface area contributed by atoms with Gasteiger partial charge >= 0.3 is 0 Å². The Labute approximate surface area is 151 Å². The molecule has 1 aliphatic rings. The van der Waals surface area contributed by atoms with Gasteiger partial charge in [-0.05, 0) is 20.3 Å². The Kier molecular flexibility index (Phi) is 10.4. The van der Waals surface area contributed by atoms with Gasteiger partial charge in [-0.15, -0.1) is 0 Å². The molecule has 0 spiro atoms. The summed E-state index contributed by atoms with van der Waals surface area (Å²) >= 11 is 0. The lowest BCUT2D eigenvalue weighted by Crippen LogP contribution is -2.48. The Balaban J connectivity index is 2.40. The number of hydrogen-bond acceptors (Lipinski definition) is 5. The molecular weight excluding hydrogens is 322 g/mol. The summed E-state index contributed by atoms with van der Waals surface area (Å²) in [5, 5.41) is 19.7. The van der Waals surface area contributed by atoms with E-state index >= 15 is 0 Å². The lowest BCUT2D eigenvalue weighted by atomic mass is 10.1. The molecule has 1 aliphatic heterocycles. The van der Waals surface area contributed by atoms with Gasteiger partial charge in [0.1, 0.15) is 0 Å². The first-order valence-electron chi connectivity index (χ1n) is 9.28. The average Bonchev–Trinajstić information content (AvgIpc) is 2.58. The number of ether oxygens (including phenoxy) is 1. The zero-order valence-electron chi connectivity index (χ0n) is 15.9. The Morgan fingerprint density at radius 3 is 2.56 bits per heavy atom. The van der Waals surface area contributed by atoms with Crippen LogP contribution in [-0.4, -0.2) is 86.5 Å². The van der Waals surface area contributed by atoms with Crippen LogP contribution in [0.1, 0.15) is 33.6 Å². The fourth-order valence-electron chi connectivity index (χ4n) is 2.53. The van der Waals surface area contributed by atoms with Crippen molar-refractivity contribution in [3.8, 4) is 0 Å². The molecule has 0 aromatic heterocycles. The van der Waals surface area contributed by atoms with E-state index in [2.05, 4.69) is 25.8 Å². The van der Waals surface area contributed by atoms with E-state index in [-0.39, 0.29) is 5.91 Å². The van der Waals surface area contributed by atoms with Crippen LogP contribution in [0, 0.1) is 0 Å². The summed E-state index contributed by atoms with van der Waals surface area (Å²) in [7, 11) is 0. The molecule has 0 aliphatic carbocycles. The van der Waals surface area contributed by atoms with Crippen molar-refractivity contribution in [2.24, 2.45) is 4.99 Å². The third kappa shape index (κ3) is 10.3. The molecule has 0 radical (unpaired) electrons. The minimum absolute atomic E-state index is 0.0320. The Hall–Kier alpha value is -1.38. The van der Waals surface area contributed by atoms with Crippen LogP contribution in [0.2, 0.25) is 0 Å². The molecule has 1 atom stereocenters. The normalized spacial score (nSPS) is 18.5. The van der Waals surface area contributed by atoms with Crippen LogP contribution in [-0.2, 0) is 9.53 Å². The molecule has 1 fully saturated rings. The molecule has 146 valence electrons. The van der Waals surface area contributed by atoms with Gasteiger partial charge in [-0.2, -0.15) is 0 Å². The number of carbonyl (C=O) groups excluding carboxylic acids is 1. The van der Waals surface area contributed by atoms with Crippen LogP contribution < -0.4 is 16.0 Å². The zero-order chi connectivity index (χ0) is 18.5. The number of guanidine groups is 1. The van der Waals surface area contributed by atoms with Gasteiger partial charge in [0, 0.05) is 45.7 Å². The molecule has 0 bridgehead atoms. The van der Waals surface area contributed by atoms with Gasteiger partial charge in [0.15, 0.2) is 5.96 Å². The van der Waals surface area contributed by atoms with Crippen LogP contribution in [0.4, 0.5) is 0 Å². The molecule has 1 amide bonds. The highest BCUT2D eigenvalue weighted by molar-refractivity contribution is 5.81. The van der Waals surface area contributed by atoms with Crippen molar-refractivity contribution in [3.63, 3.8) is 0 Å². The number of hydrogen-bond donors (Lipinski definition) is 4. The Bertz CT molecular complexity index is 409. The number of nitrogens with one attached hydrogen (secondary N) is 3. The van der Waals surface area contributed by atoms with Crippen molar-refractivity contribution < 1.29 is 14.6 Å². The second-order valence-corrected chi connectivity index (χ2v) is 6.61. The first kappa shape index (κ1) is 21.7. The van der Waals surface area contributed by atoms with Gasteiger partial charge < -0.3 is 25.8 Å². The lowest BCUT2D eigenvalue weighted by Gasteiger charge is -2.33. The monoisotopic (exact) mass is 357 g/mol. The summed E-state index contributed by atoms with van der Waals surface area (Å²) in [6, 6.07) is 0. The maximum atomic E-state index is 11.6. The highest BCUT2D eigenvalue weighted by Crippen LogP contribution is 2.09. The van der Waals surface area contributed by atoms with E-state index in [4.69, 9.17) is 4.74 Å². The first-order chi connectivity index (χ1) is 12.0.